The summed E-state index contributed by atoms with van der Waals surface area (Å²) in [6, 6.07) is -0.336. The molecule has 3 rings (SSSR count). The smallest absolute Gasteiger partial charge is 0.244 e. The van der Waals surface area contributed by atoms with Gasteiger partial charge in [-0.1, -0.05) is 0 Å². The van der Waals surface area contributed by atoms with E-state index >= 15 is 0 Å². The van der Waals surface area contributed by atoms with Crippen LogP contribution in [0.25, 0.3) is 0 Å². The highest BCUT2D eigenvalue weighted by Gasteiger charge is 2.29. The first kappa shape index (κ1) is 21.7. The van der Waals surface area contributed by atoms with Gasteiger partial charge in [0.1, 0.15) is 6.04 Å². The van der Waals surface area contributed by atoms with Gasteiger partial charge in [0, 0.05) is 56.1 Å². The van der Waals surface area contributed by atoms with Gasteiger partial charge in [0.2, 0.25) is 5.91 Å². The van der Waals surface area contributed by atoms with Crippen molar-refractivity contribution in [1.82, 2.24) is 25.0 Å². The van der Waals surface area contributed by atoms with Gasteiger partial charge < -0.3 is 15.1 Å². The number of piperazine rings is 1. The average molecular weight is 407 g/mol. The van der Waals surface area contributed by atoms with Crippen molar-refractivity contribution < 1.29 is 4.79 Å². The molecule has 1 aliphatic rings. The lowest BCUT2D eigenvalue weighted by molar-refractivity contribution is -0.133. The van der Waals surface area contributed by atoms with Crippen LogP contribution in [-0.2, 0) is 11.8 Å². The fourth-order valence-electron chi connectivity index (χ4n) is 2.81. The van der Waals surface area contributed by atoms with Gasteiger partial charge in [-0.25, -0.2) is 4.98 Å². The van der Waals surface area contributed by atoms with E-state index in [1.165, 1.54) is 4.88 Å². The number of carbonyl (C=O) groups is 1. The molecular formula is C15H24Cl2N6OS. The van der Waals surface area contributed by atoms with E-state index in [0.29, 0.717) is 0 Å². The fraction of sp³-hybridized carbons (Fsp3) is 0.533. The van der Waals surface area contributed by atoms with Crippen molar-refractivity contribution in [2.24, 2.45) is 7.05 Å². The molecule has 0 aliphatic carbocycles. The van der Waals surface area contributed by atoms with E-state index in [9.17, 15) is 4.79 Å². The van der Waals surface area contributed by atoms with Gasteiger partial charge in [-0.3, -0.25) is 9.48 Å². The zero-order chi connectivity index (χ0) is 16.4. The molecule has 1 aliphatic heterocycles. The molecular weight excluding hydrogens is 383 g/mol. The number of hydrogen-bond donors (Lipinski definition) is 1. The zero-order valence-electron chi connectivity index (χ0n) is 14.5. The maximum absolute atomic E-state index is 12.8. The molecule has 10 heteroatoms. The van der Waals surface area contributed by atoms with Crippen molar-refractivity contribution in [3.8, 4) is 0 Å². The molecule has 1 unspecified atom stereocenters. The number of aromatic nitrogens is 3. The molecule has 0 saturated carbocycles. The van der Waals surface area contributed by atoms with Crippen LogP contribution in [0.15, 0.2) is 18.6 Å². The minimum atomic E-state index is -0.336. The second-order valence-corrected chi connectivity index (χ2v) is 6.95. The highest BCUT2D eigenvalue weighted by atomic mass is 35.5. The third-order valence-electron chi connectivity index (χ3n) is 4.06. The molecule has 0 spiro atoms. The van der Waals surface area contributed by atoms with E-state index in [-0.39, 0.29) is 36.8 Å². The number of nitrogens with one attached hydrogen (secondary N) is 1. The first-order valence-corrected chi connectivity index (χ1v) is 8.52. The highest BCUT2D eigenvalue weighted by Crippen LogP contribution is 2.23. The maximum Gasteiger partial charge on any atom is 0.244 e. The fourth-order valence-corrected chi connectivity index (χ4v) is 3.62. The molecule has 1 atom stereocenters. The number of carbonyl (C=O) groups excluding carboxylic acids is 1. The van der Waals surface area contributed by atoms with Crippen molar-refractivity contribution in [2.75, 3.05) is 38.1 Å². The number of thiazole rings is 1. The summed E-state index contributed by atoms with van der Waals surface area (Å²) < 4.78 is 1.72. The van der Waals surface area contributed by atoms with E-state index in [1.54, 1.807) is 22.2 Å². The lowest BCUT2D eigenvalue weighted by atomic mass is 10.1. The summed E-state index contributed by atoms with van der Waals surface area (Å²) in [6.07, 6.45) is 5.53. The number of nitrogens with zero attached hydrogens (tertiary/aromatic N) is 5. The Balaban J connectivity index is 0.00000156. The van der Waals surface area contributed by atoms with Crippen molar-refractivity contribution in [3.63, 3.8) is 0 Å². The highest BCUT2D eigenvalue weighted by molar-refractivity contribution is 7.15. The molecule has 1 saturated heterocycles. The van der Waals surface area contributed by atoms with Crippen LogP contribution >= 0.6 is 36.2 Å². The molecule has 3 heterocycles. The van der Waals surface area contributed by atoms with Crippen molar-refractivity contribution >= 4 is 47.2 Å². The van der Waals surface area contributed by atoms with Gasteiger partial charge in [0.25, 0.3) is 0 Å². The molecule has 1 fully saturated rings. The van der Waals surface area contributed by atoms with E-state index in [4.69, 9.17) is 0 Å². The molecule has 0 radical (unpaired) electrons. The molecule has 7 nitrogen and oxygen atoms in total. The summed E-state index contributed by atoms with van der Waals surface area (Å²) in [5, 5.41) is 8.31. The van der Waals surface area contributed by atoms with E-state index in [1.807, 2.05) is 31.4 Å². The second kappa shape index (κ2) is 9.38. The zero-order valence-corrected chi connectivity index (χ0v) is 17.0. The van der Waals surface area contributed by atoms with Crippen molar-refractivity contribution in [1.29, 1.82) is 0 Å². The first-order valence-electron chi connectivity index (χ1n) is 7.70. The largest absolute Gasteiger partial charge is 0.345 e. The molecule has 1 amide bonds. The number of halogens is 2. The van der Waals surface area contributed by atoms with Crippen LogP contribution in [0, 0.1) is 6.92 Å². The predicted molar refractivity (Wildman–Crippen MR) is 105 cm³/mol. The van der Waals surface area contributed by atoms with E-state index in [0.717, 1.165) is 36.9 Å². The Morgan fingerprint density at radius 3 is 2.40 bits per heavy atom. The number of anilines is 1. The Bertz CT molecular complexity index is 683. The van der Waals surface area contributed by atoms with Gasteiger partial charge in [-0.2, -0.15) is 5.10 Å². The number of aryl methyl sites for hydroxylation is 2. The Hall–Kier alpha value is -1.35. The van der Waals surface area contributed by atoms with Gasteiger partial charge >= 0.3 is 0 Å². The minimum Gasteiger partial charge on any atom is -0.345 e. The summed E-state index contributed by atoms with van der Waals surface area (Å²) in [5.74, 6) is 0.107. The quantitative estimate of drug-likeness (QED) is 0.835. The Morgan fingerprint density at radius 1 is 1.24 bits per heavy atom. The molecule has 140 valence electrons. The van der Waals surface area contributed by atoms with Crippen LogP contribution in [0.3, 0.4) is 0 Å². The van der Waals surface area contributed by atoms with Gasteiger partial charge in [-0.05, 0) is 14.0 Å². The number of likely N-dealkylation sites (N-methyl/N-ethyl adjacent to an activating group) is 1. The third-order valence-corrected chi connectivity index (χ3v) is 5.04. The van der Waals surface area contributed by atoms with Crippen molar-refractivity contribution in [3.05, 3.63) is 29.0 Å². The third kappa shape index (κ3) is 4.84. The Morgan fingerprint density at radius 2 is 1.92 bits per heavy atom. The maximum atomic E-state index is 12.8. The second-order valence-electron chi connectivity index (χ2n) is 5.73. The van der Waals surface area contributed by atoms with E-state index in [2.05, 4.69) is 27.2 Å². The lowest BCUT2D eigenvalue weighted by Crippen LogP contribution is -2.51. The SMILES string of the molecule is CNC(C(=O)N1CCN(c2ncc(C)s2)CC1)c1cnn(C)c1.Cl.Cl. The summed E-state index contributed by atoms with van der Waals surface area (Å²) in [4.78, 5) is 22.6. The summed E-state index contributed by atoms with van der Waals surface area (Å²) >= 11 is 1.70. The molecule has 0 bridgehead atoms. The standard InChI is InChI=1S/C15H22N6OS.2ClH/c1-11-8-17-15(23-11)21-6-4-20(5-7-21)14(22)13(16-2)12-9-18-19(3)10-12;;/h8-10,13,16H,4-7H2,1-3H3;2*1H. The summed E-state index contributed by atoms with van der Waals surface area (Å²) in [7, 11) is 3.67. The number of rotatable bonds is 4. The topological polar surface area (TPSA) is 66.3 Å². The van der Waals surface area contributed by atoms with E-state index < -0.39 is 0 Å². The monoisotopic (exact) mass is 406 g/mol. The first-order chi connectivity index (χ1) is 11.1. The summed E-state index contributed by atoms with van der Waals surface area (Å²) in [5.41, 5.74) is 0.901. The van der Waals surface area contributed by atoms with Gasteiger partial charge in [0.05, 0.1) is 6.20 Å². The van der Waals surface area contributed by atoms with Crippen LogP contribution in [-0.4, -0.2) is 58.8 Å². The molecule has 0 aromatic carbocycles. The Labute approximate surface area is 164 Å². The van der Waals surface area contributed by atoms with Gasteiger partial charge in [-0.15, -0.1) is 36.2 Å². The van der Waals surface area contributed by atoms with Crippen LogP contribution in [0.4, 0.5) is 5.13 Å². The van der Waals surface area contributed by atoms with Crippen LogP contribution in [0.1, 0.15) is 16.5 Å². The molecule has 2 aromatic rings. The molecule has 25 heavy (non-hydrogen) atoms. The summed E-state index contributed by atoms with van der Waals surface area (Å²) in [6.45, 7) is 5.14. The van der Waals surface area contributed by atoms with Crippen LogP contribution in [0.2, 0.25) is 0 Å². The average Bonchev–Trinajstić information content (AvgIpc) is 3.17. The van der Waals surface area contributed by atoms with Crippen LogP contribution in [0.5, 0.6) is 0 Å². The molecule has 1 N–H and O–H groups in total. The lowest BCUT2D eigenvalue weighted by Gasteiger charge is -2.36. The Kier molecular flexibility index (Phi) is 8.14. The van der Waals surface area contributed by atoms with Gasteiger partial charge in [0.15, 0.2) is 5.13 Å². The predicted octanol–water partition coefficient (Wildman–Crippen LogP) is 1.64. The van der Waals surface area contributed by atoms with Crippen LogP contribution < -0.4 is 10.2 Å². The number of amides is 1. The van der Waals surface area contributed by atoms with Crippen molar-refractivity contribution in [2.45, 2.75) is 13.0 Å². The normalized spacial score (nSPS) is 15.3. The molecule has 2 aromatic heterocycles. The number of hydrogen-bond acceptors (Lipinski definition) is 6. The minimum absolute atomic E-state index is 0.